The van der Waals surface area contributed by atoms with Crippen molar-refractivity contribution in [1.29, 1.82) is 0 Å². The maximum absolute atomic E-state index is 13.0. The van der Waals surface area contributed by atoms with Gasteiger partial charge < -0.3 is 4.90 Å². The first kappa shape index (κ1) is 21.7. The van der Waals surface area contributed by atoms with Gasteiger partial charge in [0.1, 0.15) is 5.75 Å². The van der Waals surface area contributed by atoms with Crippen molar-refractivity contribution < 1.29 is 13.2 Å². The quantitative estimate of drug-likeness (QED) is 0.548. The summed E-state index contributed by atoms with van der Waals surface area (Å²) in [5, 5.41) is 0.941. The normalized spacial score (nSPS) is 11.9. The number of carbonyl (C=O) groups is 1. The van der Waals surface area contributed by atoms with Gasteiger partial charge in [-0.25, -0.2) is 13.4 Å². The zero-order valence-corrected chi connectivity index (χ0v) is 18.8. The van der Waals surface area contributed by atoms with Gasteiger partial charge in [-0.15, -0.1) is 0 Å². The molecular formula is C20H22ClN3O3S2. The molecule has 3 rings (SSSR count). The number of fused-ring (bicyclic) bond motifs is 1. The molecule has 0 aliphatic heterocycles. The van der Waals surface area contributed by atoms with E-state index in [-0.39, 0.29) is 4.90 Å². The lowest BCUT2D eigenvalue weighted by molar-refractivity contribution is -0.116. The smallest absolute Gasteiger partial charge is 0.244 e. The number of hydrogen-bond donors (Lipinski definition) is 0. The van der Waals surface area contributed by atoms with E-state index in [0.717, 1.165) is 15.8 Å². The van der Waals surface area contributed by atoms with Gasteiger partial charge in [0.2, 0.25) is 5.91 Å². The highest BCUT2D eigenvalue weighted by Gasteiger charge is 2.26. The molecule has 0 atom stereocenters. The van der Waals surface area contributed by atoms with Crippen LogP contribution >= 0.6 is 22.9 Å². The van der Waals surface area contributed by atoms with E-state index < -0.39 is 21.5 Å². The number of nitrogens with zero attached hydrogens (tertiary/aromatic N) is 3. The molecule has 6 nitrogen and oxygen atoms in total. The van der Waals surface area contributed by atoms with Crippen LogP contribution < -0.4 is 4.90 Å². The van der Waals surface area contributed by atoms with Gasteiger partial charge in [0.15, 0.2) is 15.0 Å². The molecule has 0 saturated carbocycles. The number of hydrogen-bond acceptors (Lipinski definition) is 6. The Bertz CT molecular complexity index is 1130. The number of anilines is 1. The van der Waals surface area contributed by atoms with Gasteiger partial charge >= 0.3 is 0 Å². The largest absolute Gasteiger partial charge is 0.308 e. The van der Waals surface area contributed by atoms with Crippen molar-refractivity contribution in [3.63, 3.8) is 0 Å². The van der Waals surface area contributed by atoms with Crippen LogP contribution in [0.1, 0.15) is 5.56 Å². The predicted molar refractivity (Wildman–Crippen MR) is 119 cm³/mol. The maximum Gasteiger partial charge on any atom is 0.244 e. The highest BCUT2D eigenvalue weighted by Crippen LogP contribution is 2.30. The van der Waals surface area contributed by atoms with Gasteiger partial charge in [-0.05, 0) is 63.0 Å². The Labute approximate surface area is 179 Å². The van der Waals surface area contributed by atoms with E-state index >= 15 is 0 Å². The number of aryl methyl sites for hydroxylation is 1. The predicted octanol–water partition coefficient (Wildman–Crippen LogP) is 3.63. The van der Waals surface area contributed by atoms with Gasteiger partial charge in [0.25, 0.3) is 0 Å². The molecule has 0 bridgehead atoms. The topological polar surface area (TPSA) is 70.6 Å². The highest BCUT2D eigenvalue weighted by molar-refractivity contribution is 7.92. The summed E-state index contributed by atoms with van der Waals surface area (Å²) in [5.74, 6) is -1.13. The first-order valence-electron chi connectivity index (χ1n) is 8.96. The summed E-state index contributed by atoms with van der Waals surface area (Å²) in [6.45, 7) is 2.93. The number of amides is 1. The minimum Gasteiger partial charge on any atom is -0.308 e. The lowest BCUT2D eigenvalue weighted by atomic mass is 10.2. The molecule has 0 aliphatic rings. The van der Waals surface area contributed by atoms with Crippen LogP contribution in [0.15, 0.2) is 47.4 Å². The summed E-state index contributed by atoms with van der Waals surface area (Å²) < 4.78 is 26.4. The Balaban J connectivity index is 1.90. The maximum atomic E-state index is 13.0. The van der Waals surface area contributed by atoms with Gasteiger partial charge in [0, 0.05) is 18.1 Å². The summed E-state index contributed by atoms with van der Waals surface area (Å²) in [6.07, 6.45) is 0. The molecule has 0 saturated heterocycles. The van der Waals surface area contributed by atoms with E-state index in [1.165, 1.54) is 40.5 Å². The Kier molecular flexibility index (Phi) is 6.58. The Hall–Kier alpha value is -2.00. The zero-order chi connectivity index (χ0) is 21.2. The Morgan fingerprint density at radius 2 is 1.79 bits per heavy atom. The van der Waals surface area contributed by atoms with Crippen molar-refractivity contribution in [1.82, 2.24) is 9.88 Å². The molecule has 1 amide bonds. The number of thiazole rings is 1. The van der Waals surface area contributed by atoms with E-state index in [4.69, 9.17) is 11.6 Å². The second kappa shape index (κ2) is 8.79. The third kappa shape index (κ3) is 5.33. The van der Waals surface area contributed by atoms with Crippen molar-refractivity contribution in [2.75, 3.05) is 37.8 Å². The van der Waals surface area contributed by atoms with E-state index in [2.05, 4.69) is 4.98 Å². The lowest BCUT2D eigenvalue weighted by Crippen LogP contribution is -2.40. The van der Waals surface area contributed by atoms with Crippen LogP contribution in [0.4, 0.5) is 5.13 Å². The minimum absolute atomic E-state index is 0.0720. The fraction of sp³-hybridized carbons (Fsp3) is 0.300. The Morgan fingerprint density at radius 3 is 2.45 bits per heavy atom. The lowest BCUT2D eigenvalue weighted by Gasteiger charge is -2.22. The molecule has 0 spiro atoms. The van der Waals surface area contributed by atoms with E-state index in [1.807, 2.05) is 44.1 Å². The molecule has 0 N–H and O–H groups in total. The van der Waals surface area contributed by atoms with Crippen LogP contribution in [0.2, 0.25) is 5.02 Å². The van der Waals surface area contributed by atoms with Crippen molar-refractivity contribution in [3.8, 4) is 0 Å². The van der Waals surface area contributed by atoms with E-state index in [9.17, 15) is 13.2 Å². The molecule has 0 unspecified atom stereocenters. The summed E-state index contributed by atoms with van der Waals surface area (Å²) in [5.41, 5.74) is 1.89. The van der Waals surface area contributed by atoms with Crippen molar-refractivity contribution in [2.24, 2.45) is 0 Å². The molecular weight excluding hydrogens is 430 g/mol. The van der Waals surface area contributed by atoms with Crippen molar-refractivity contribution in [3.05, 3.63) is 53.1 Å². The number of benzene rings is 2. The number of carbonyl (C=O) groups excluding carboxylic acids is 1. The molecule has 3 aromatic rings. The summed E-state index contributed by atoms with van der Waals surface area (Å²) >= 11 is 7.22. The van der Waals surface area contributed by atoms with Crippen molar-refractivity contribution >= 4 is 54.0 Å². The molecule has 29 heavy (non-hydrogen) atoms. The minimum atomic E-state index is -3.79. The van der Waals surface area contributed by atoms with Gasteiger partial charge in [-0.2, -0.15) is 0 Å². The van der Waals surface area contributed by atoms with Crippen LogP contribution in [-0.4, -0.2) is 57.1 Å². The number of sulfone groups is 1. The van der Waals surface area contributed by atoms with E-state index in [1.54, 1.807) is 0 Å². The van der Waals surface area contributed by atoms with Crippen LogP contribution in [-0.2, 0) is 14.6 Å². The van der Waals surface area contributed by atoms with Crippen molar-refractivity contribution in [2.45, 2.75) is 11.8 Å². The van der Waals surface area contributed by atoms with E-state index in [0.29, 0.717) is 23.2 Å². The SMILES string of the molecule is Cc1ccc2nc(N(CCN(C)C)C(=O)CS(=O)(=O)c3ccc(Cl)cc3)sc2c1. The first-order valence-corrected chi connectivity index (χ1v) is 11.8. The third-order valence-electron chi connectivity index (χ3n) is 4.32. The standard InChI is InChI=1S/C20H22ClN3O3S2/c1-14-4-9-17-18(12-14)28-20(22-17)24(11-10-23(2)3)19(25)13-29(26,27)16-7-5-15(21)6-8-16/h4-9,12H,10-11,13H2,1-3H3. The fourth-order valence-corrected chi connectivity index (χ4v) is 5.16. The molecule has 9 heteroatoms. The molecule has 2 aromatic carbocycles. The van der Waals surface area contributed by atoms with Crippen LogP contribution in [0, 0.1) is 6.92 Å². The second-order valence-corrected chi connectivity index (χ2v) is 10.5. The first-order chi connectivity index (χ1) is 13.7. The third-order valence-corrected chi connectivity index (χ3v) is 7.23. The highest BCUT2D eigenvalue weighted by atomic mass is 35.5. The molecule has 0 radical (unpaired) electrons. The molecule has 1 aromatic heterocycles. The monoisotopic (exact) mass is 451 g/mol. The molecule has 0 aliphatic carbocycles. The van der Waals surface area contributed by atoms with Crippen LogP contribution in [0.5, 0.6) is 0 Å². The Morgan fingerprint density at radius 1 is 1.10 bits per heavy atom. The van der Waals surface area contributed by atoms with Gasteiger partial charge in [0.05, 0.1) is 15.1 Å². The zero-order valence-electron chi connectivity index (χ0n) is 16.4. The summed E-state index contributed by atoms with van der Waals surface area (Å²) in [6, 6.07) is 11.7. The number of likely N-dealkylation sites (N-methyl/N-ethyl adjacent to an activating group) is 1. The molecule has 0 fully saturated rings. The van der Waals surface area contributed by atoms with Gasteiger partial charge in [-0.1, -0.05) is 29.0 Å². The number of halogens is 1. The fourth-order valence-electron chi connectivity index (χ4n) is 2.73. The number of rotatable bonds is 7. The van der Waals surface area contributed by atoms with Crippen LogP contribution in [0.3, 0.4) is 0 Å². The average molecular weight is 452 g/mol. The number of aromatic nitrogens is 1. The molecule has 154 valence electrons. The van der Waals surface area contributed by atoms with Crippen LogP contribution in [0.25, 0.3) is 10.2 Å². The molecule has 1 heterocycles. The summed E-state index contributed by atoms with van der Waals surface area (Å²) in [7, 11) is 0.00404. The summed E-state index contributed by atoms with van der Waals surface area (Å²) in [4.78, 5) is 21.1. The second-order valence-electron chi connectivity index (χ2n) is 7.03. The average Bonchev–Trinajstić information content (AvgIpc) is 3.04. The van der Waals surface area contributed by atoms with Gasteiger partial charge in [-0.3, -0.25) is 9.69 Å².